The Balaban J connectivity index is 1.73. The molecule has 5 heteroatoms. The summed E-state index contributed by atoms with van der Waals surface area (Å²) in [7, 11) is -3.51. The molecule has 3 rings (SSSR count). The van der Waals surface area contributed by atoms with Gasteiger partial charge in [0.15, 0.2) is 0 Å². The van der Waals surface area contributed by atoms with Crippen LogP contribution in [0.2, 0.25) is 0 Å². The van der Waals surface area contributed by atoms with Gasteiger partial charge in [-0.3, -0.25) is 0 Å². The molecule has 0 fully saturated rings. The van der Waals surface area contributed by atoms with Crippen molar-refractivity contribution in [1.29, 1.82) is 0 Å². The van der Waals surface area contributed by atoms with Crippen LogP contribution in [0.25, 0.3) is 0 Å². The summed E-state index contributed by atoms with van der Waals surface area (Å²) < 4.78 is 29.6. The first-order valence-electron chi connectivity index (χ1n) is 8.20. The van der Waals surface area contributed by atoms with E-state index >= 15 is 0 Å². The second-order valence-corrected chi connectivity index (χ2v) is 7.96. The van der Waals surface area contributed by atoms with E-state index in [-0.39, 0.29) is 11.4 Å². The molecule has 1 heterocycles. The van der Waals surface area contributed by atoms with Crippen molar-refractivity contribution in [3.63, 3.8) is 0 Å². The third kappa shape index (κ3) is 4.18. The predicted octanol–water partition coefficient (Wildman–Crippen LogP) is 3.63. The van der Waals surface area contributed by atoms with E-state index in [1.807, 2.05) is 37.4 Å². The monoisotopic (exact) mass is 354 g/mol. The molecule has 0 aliphatic heterocycles. The van der Waals surface area contributed by atoms with Crippen molar-refractivity contribution in [1.82, 2.24) is 9.29 Å². The lowest BCUT2D eigenvalue weighted by atomic mass is 10.1. The number of hydrogen-bond acceptors (Lipinski definition) is 2. The molecule has 4 nitrogen and oxygen atoms in total. The molecule has 2 aromatic carbocycles. The molecule has 0 atom stereocenters. The molecule has 0 unspecified atom stereocenters. The molecule has 25 heavy (non-hydrogen) atoms. The number of nitrogens with zero attached hydrogens (tertiary/aromatic N) is 1. The molecule has 0 aliphatic rings. The van der Waals surface area contributed by atoms with Crippen LogP contribution in [0.1, 0.15) is 22.4 Å². The minimum absolute atomic E-state index is 0.259. The third-order valence-corrected chi connectivity index (χ3v) is 5.72. The summed E-state index contributed by atoms with van der Waals surface area (Å²) >= 11 is 0. The zero-order chi connectivity index (χ0) is 17.9. The number of hydrogen-bond donors (Lipinski definition) is 1. The standard InChI is InChI=1S/C20H22N2O2S/c1-16-9-11-20(12-10-16)25(23,24)21-14-19-8-5-13-22(19)15-18-7-4-3-6-17(18)2/h3-13,21H,14-15H2,1-2H3. The van der Waals surface area contributed by atoms with Gasteiger partial charge in [-0.05, 0) is 49.2 Å². The van der Waals surface area contributed by atoms with Crippen LogP contribution in [0.15, 0.2) is 71.8 Å². The average molecular weight is 354 g/mol. The van der Waals surface area contributed by atoms with E-state index in [4.69, 9.17) is 0 Å². The van der Waals surface area contributed by atoms with Gasteiger partial charge >= 0.3 is 0 Å². The van der Waals surface area contributed by atoms with E-state index in [9.17, 15) is 8.42 Å². The molecule has 0 bridgehead atoms. The van der Waals surface area contributed by atoms with Crippen molar-refractivity contribution >= 4 is 10.0 Å². The van der Waals surface area contributed by atoms with E-state index < -0.39 is 10.0 Å². The smallest absolute Gasteiger partial charge is 0.240 e. The molecule has 130 valence electrons. The molecular weight excluding hydrogens is 332 g/mol. The Hall–Kier alpha value is -2.37. The fourth-order valence-electron chi connectivity index (χ4n) is 2.70. The van der Waals surface area contributed by atoms with Gasteiger partial charge in [-0.25, -0.2) is 13.1 Å². The molecule has 1 aromatic heterocycles. The topological polar surface area (TPSA) is 51.1 Å². The molecule has 1 N–H and O–H groups in total. The first kappa shape index (κ1) is 17.5. The summed E-state index contributed by atoms with van der Waals surface area (Å²) in [6.45, 7) is 5.00. The largest absolute Gasteiger partial charge is 0.346 e. The molecule has 0 aliphatic carbocycles. The quantitative estimate of drug-likeness (QED) is 0.735. The Kier molecular flexibility index (Phi) is 5.06. The first-order valence-corrected chi connectivity index (χ1v) is 9.69. The fourth-order valence-corrected chi connectivity index (χ4v) is 3.70. The van der Waals surface area contributed by atoms with E-state index in [1.54, 1.807) is 24.3 Å². The Morgan fingerprint density at radius 3 is 2.36 bits per heavy atom. The van der Waals surface area contributed by atoms with Crippen LogP contribution in [0.3, 0.4) is 0 Å². The molecule has 0 amide bonds. The molecule has 0 radical (unpaired) electrons. The van der Waals surface area contributed by atoms with Crippen LogP contribution in [0, 0.1) is 13.8 Å². The van der Waals surface area contributed by atoms with Gasteiger partial charge in [0.2, 0.25) is 10.0 Å². The molecule has 3 aromatic rings. The highest BCUT2D eigenvalue weighted by Crippen LogP contribution is 2.14. The van der Waals surface area contributed by atoms with Crippen LogP contribution < -0.4 is 4.72 Å². The number of benzene rings is 2. The highest BCUT2D eigenvalue weighted by molar-refractivity contribution is 7.89. The van der Waals surface area contributed by atoms with Crippen LogP contribution in [-0.2, 0) is 23.1 Å². The number of aromatic nitrogens is 1. The summed E-state index contributed by atoms with van der Waals surface area (Å²) in [6, 6.07) is 19.0. The van der Waals surface area contributed by atoms with Crippen molar-refractivity contribution in [2.75, 3.05) is 0 Å². The second kappa shape index (κ2) is 7.25. The van der Waals surface area contributed by atoms with Gasteiger partial charge in [0.25, 0.3) is 0 Å². The summed E-state index contributed by atoms with van der Waals surface area (Å²) in [5, 5.41) is 0. The van der Waals surface area contributed by atoms with E-state index in [0.717, 1.165) is 17.8 Å². The van der Waals surface area contributed by atoms with Crippen molar-refractivity contribution in [3.05, 3.63) is 89.2 Å². The Labute approximate surface area is 149 Å². The highest BCUT2D eigenvalue weighted by Gasteiger charge is 2.14. The van der Waals surface area contributed by atoms with E-state index in [1.165, 1.54) is 11.1 Å². The predicted molar refractivity (Wildman–Crippen MR) is 99.9 cm³/mol. The van der Waals surface area contributed by atoms with Crippen molar-refractivity contribution < 1.29 is 8.42 Å². The second-order valence-electron chi connectivity index (χ2n) is 6.19. The summed E-state index contributed by atoms with van der Waals surface area (Å²) in [6.07, 6.45) is 1.97. The van der Waals surface area contributed by atoms with E-state index in [0.29, 0.717) is 0 Å². The lowest BCUT2D eigenvalue weighted by Gasteiger charge is -2.12. The number of aryl methyl sites for hydroxylation is 2. The van der Waals surface area contributed by atoms with Gasteiger partial charge in [-0.1, -0.05) is 42.0 Å². The number of nitrogens with one attached hydrogen (secondary N) is 1. The van der Waals surface area contributed by atoms with Crippen LogP contribution >= 0.6 is 0 Å². The molecule has 0 saturated heterocycles. The molecular formula is C20H22N2O2S. The van der Waals surface area contributed by atoms with Crippen LogP contribution in [0.5, 0.6) is 0 Å². The van der Waals surface area contributed by atoms with Crippen LogP contribution in [0.4, 0.5) is 0 Å². The van der Waals surface area contributed by atoms with Gasteiger partial charge in [-0.2, -0.15) is 0 Å². The molecule has 0 spiro atoms. The Morgan fingerprint density at radius 2 is 1.64 bits per heavy atom. The minimum atomic E-state index is -3.51. The lowest BCUT2D eigenvalue weighted by Crippen LogP contribution is -2.24. The molecule has 0 saturated carbocycles. The number of sulfonamides is 1. The fraction of sp³-hybridized carbons (Fsp3) is 0.200. The summed E-state index contributed by atoms with van der Waals surface area (Å²) in [5.74, 6) is 0. The first-order chi connectivity index (χ1) is 12.0. The maximum Gasteiger partial charge on any atom is 0.240 e. The van der Waals surface area contributed by atoms with Gasteiger partial charge in [0.1, 0.15) is 0 Å². The normalized spacial score (nSPS) is 11.6. The average Bonchev–Trinajstić information content (AvgIpc) is 3.03. The van der Waals surface area contributed by atoms with E-state index in [2.05, 4.69) is 28.3 Å². The maximum absolute atomic E-state index is 12.4. The maximum atomic E-state index is 12.4. The SMILES string of the molecule is Cc1ccc(S(=O)(=O)NCc2cccn2Cc2ccccc2C)cc1. The van der Waals surface area contributed by atoms with Gasteiger partial charge in [0.05, 0.1) is 11.4 Å². The summed E-state index contributed by atoms with van der Waals surface area (Å²) in [4.78, 5) is 0.287. The lowest BCUT2D eigenvalue weighted by molar-refractivity contribution is 0.578. The minimum Gasteiger partial charge on any atom is -0.346 e. The third-order valence-electron chi connectivity index (χ3n) is 4.30. The Bertz CT molecular complexity index is 957. The van der Waals surface area contributed by atoms with Crippen molar-refractivity contribution in [2.24, 2.45) is 0 Å². The Morgan fingerprint density at radius 1 is 0.920 bits per heavy atom. The van der Waals surface area contributed by atoms with Gasteiger partial charge < -0.3 is 4.57 Å². The van der Waals surface area contributed by atoms with Crippen molar-refractivity contribution in [2.45, 2.75) is 31.8 Å². The summed E-state index contributed by atoms with van der Waals surface area (Å²) in [5.41, 5.74) is 4.41. The van der Waals surface area contributed by atoms with Gasteiger partial charge in [0, 0.05) is 18.4 Å². The van der Waals surface area contributed by atoms with Crippen LogP contribution in [-0.4, -0.2) is 13.0 Å². The zero-order valence-corrected chi connectivity index (χ0v) is 15.3. The van der Waals surface area contributed by atoms with Crippen molar-refractivity contribution in [3.8, 4) is 0 Å². The zero-order valence-electron chi connectivity index (χ0n) is 14.4. The number of rotatable bonds is 6. The van der Waals surface area contributed by atoms with Gasteiger partial charge in [-0.15, -0.1) is 0 Å². The highest BCUT2D eigenvalue weighted by atomic mass is 32.2.